The number of nitrogens with zero attached hydrogens (tertiary/aromatic N) is 1. The number of ether oxygens (including phenoxy) is 1. The molecular formula is C12H14N2O2. The summed E-state index contributed by atoms with van der Waals surface area (Å²) in [6.07, 6.45) is -0.157. The Hall–Kier alpha value is -2.02. The number of hydrogen-bond donors (Lipinski definition) is 1. The normalized spacial score (nSPS) is 9.38. The lowest BCUT2D eigenvalue weighted by Crippen LogP contribution is -2.11. The molecule has 1 aromatic rings. The summed E-state index contributed by atoms with van der Waals surface area (Å²) in [5.41, 5.74) is 2.60. The second-order valence-electron chi connectivity index (χ2n) is 3.55. The summed E-state index contributed by atoms with van der Waals surface area (Å²) in [5, 5.41) is 11.1. The highest BCUT2D eigenvalue weighted by Crippen LogP contribution is 2.29. The zero-order valence-corrected chi connectivity index (χ0v) is 9.63. The third-order valence-corrected chi connectivity index (χ3v) is 2.14. The lowest BCUT2D eigenvalue weighted by Gasteiger charge is -2.12. The maximum atomic E-state index is 11.3. The van der Waals surface area contributed by atoms with E-state index in [0.29, 0.717) is 11.4 Å². The number of amides is 1. The first-order valence-corrected chi connectivity index (χ1v) is 4.90. The fourth-order valence-electron chi connectivity index (χ4n) is 1.58. The van der Waals surface area contributed by atoms with Gasteiger partial charge >= 0.3 is 0 Å². The molecule has 0 spiro atoms. The Morgan fingerprint density at radius 1 is 1.50 bits per heavy atom. The summed E-state index contributed by atoms with van der Waals surface area (Å²) in [7, 11) is 1.55. The van der Waals surface area contributed by atoms with Crippen molar-refractivity contribution in [3.63, 3.8) is 0 Å². The van der Waals surface area contributed by atoms with E-state index in [9.17, 15) is 4.79 Å². The Balaban J connectivity index is 3.03. The van der Waals surface area contributed by atoms with Gasteiger partial charge in [-0.1, -0.05) is 6.07 Å². The molecule has 84 valence electrons. The lowest BCUT2D eigenvalue weighted by atomic mass is 10.1. The van der Waals surface area contributed by atoms with Gasteiger partial charge in [0.25, 0.3) is 0 Å². The van der Waals surface area contributed by atoms with Crippen molar-refractivity contribution >= 4 is 11.6 Å². The van der Waals surface area contributed by atoms with Crippen molar-refractivity contribution in [2.45, 2.75) is 20.3 Å². The SMILES string of the molecule is COc1c(C)cc(C)cc1NC(=O)CC#N. The van der Waals surface area contributed by atoms with Crippen LogP contribution in [0.4, 0.5) is 5.69 Å². The van der Waals surface area contributed by atoms with Crippen molar-refractivity contribution in [2.24, 2.45) is 0 Å². The molecule has 0 aliphatic carbocycles. The van der Waals surface area contributed by atoms with Crippen molar-refractivity contribution in [1.29, 1.82) is 5.26 Å². The van der Waals surface area contributed by atoms with Crippen molar-refractivity contribution in [2.75, 3.05) is 12.4 Å². The topological polar surface area (TPSA) is 62.1 Å². The molecule has 0 bridgehead atoms. The molecule has 0 aliphatic heterocycles. The van der Waals surface area contributed by atoms with Gasteiger partial charge in [0.15, 0.2) is 0 Å². The molecule has 1 rings (SSSR count). The maximum absolute atomic E-state index is 11.3. The quantitative estimate of drug-likeness (QED) is 0.845. The van der Waals surface area contributed by atoms with Crippen LogP contribution in [-0.4, -0.2) is 13.0 Å². The van der Waals surface area contributed by atoms with Crippen LogP contribution in [0.3, 0.4) is 0 Å². The fourth-order valence-corrected chi connectivity index (χ4v) is 1.58. The van der Waals surface area contributed by atoms with E-state index >= 15 is 0 Å². The molecule has 0 fully saturated rings. The molecule has 4 heteroatoms. The van der Waals surface area contributed by atoms with Crippen molar-refractivity contribution in [3.8, 4) is 11.8 Å². The minimum absolute atomic E-state index is 0.157. The summed E-state index contributed by atoms with van der Waals surface area (Å²) in [6, 6.07) is 5.59. The number of nitriles is 1. The Morgan fingerprint density at radius 3 is 2.75 bits per heavy atom. The first-order chi connectivity index (χ1) is 7.58. The van der Waals surface area contributed by atoms with Crippen LogP contribution in [-0.2, 0) is 4.79 Å². The molecule has 16 heavy (non-hydrogen) atoms. The molecule has 4 nitrogen and oxygen atoms in total. The number of carbonyl (C=O) groups is 1. The van der Waals surface area contributed by atoms with E-state index in [2.05, 4.69) is 5.32 Å². The highest BCUT2D eigenvalue weighted by atomic mass is 16.5. The Kier molecular flexibility index (Phi) is 3.90. The summed E-state index contributed by atoms with van der Waals surface area (Å²) < 4.78 is 5.21. The smallest absolute Gasteiger partial charge is 0.238 e. The minimum Gasteiger partial charge on any atom is -0.494 e. The van der Waals surface area contributed by atoms with E-state index in [1.54, 1.807) is 13.2 Å². The van der Waals surface area contributed by atoms with Crippen molar-refractivity contribution < 1.29 is 9.53 Å². The van der Waals surface area contributed by atoms with Gasteiger partial charge in [0.05, 0.1) is 18.9 Å². The van der Waals surface area contributed by atoms with Crippen LogP contribution >= 0.6 is 0 Å². The summed E-state index contributed by atoms with van der Waals surface area (Å²) in [6.45, 7) is 3.85. The standard InChI is InChI=1S/C12H14N2O2/c1-8-6-9(2)12(16-3)10(7-8)14-11(15)4-5-13/h6-7H,4H2,1-3H3,(H,14,15). The van der Waals surface area contributed by atoms with Crippen LogP contribution < -0.4 is 10.1 Å². The molecule has 0 atom stereocenters. The molecule has 1 aromatic carbocycles. The van der Waals surface area contributed by atoms with E-state index in [0.717, 1.165) is 11.1 Å². The summed E-state index contributed by atoms with van der Waals surface area (Å²) in [4.78, 5) is 11.3. The van der Waals surface area contributed by atoms with Crippen LogP contribution in [0.25, 0.3) is 0 Å². The maximum Gasteiger partial charge on any atom is 0.238 e. The lowest BCUT2D eigenvalue weighted by molar-refractivity contribution is -0.115. The summed E-state index contributed by atoms with van der Waals surface area (Å²) >= 11 is 0. The highest BCUT2D eigenvalue weighted by Gasteiger charge is 2.10. The molecule has 0 unspecified atom stereocenters. The van der Waals surface area contributed by atoms with Crippen LogP contribution in [0.2, 0.25) is 0 Å². The summed E-state index contributed by atoms with van der Waals surface area (Å²) in [5.74, 6) is 0.308. The second-order valence-corrected chi connectivity index (χ2v) is 3.55. The van der Waals surface area contributed by atoms with E-state index in [1.807, 2.05) is 26.0 Å². The average molecular weight is 218 g/mol. The van der Waals surface area contributed by atoms with Crippen LogP contribution in [0.1, 0.15) is 17.5 Å². The average Bonchev–Trinajstić information content (AvgIpc) is 2.17. The first kappa shape index (κ1) is 12.1. The molecule has 0 radical (unpaired) electrons. The van der Waals surface area contributed by atoms with Gasteiger partial charge in [-0.3, -0.25) is 4.79 Å². The first-order valence-electron chi connectivity index (χ1n) is 4.90. The second kappa shape index (κ2) is 5.17. The zero-order chi connectivity index (χ0) is 12.1. The van der Waals surface area contributed by atoms with E-state index in [-0.39, 0.29) is 12.3 Å². The number of anilines is 1. The van der Waals surface area contributed by atoms with Gasteiger partial charge in [0.2, 0.25) is 5.91 Å². The van der Waals surface area contributed by atoms with Crippen LogP contribution in [0, 0.1) is 25.2 Å². The van der Waals surface area contributed by atoms with Gasteiger partial charge in [0.1, 0.15) is 12.2 Å². The van der Waals surface area contributed by atoms with Gasteiger partial charge in [0, 0.05) is 0 Å². The number of hydrogen-bond acceptors (Lipinski definition) is 3. The Labute approximate surface area is 94.8 Å². The van der Waals surface area contributed by atoms with Crippen LogP contribution in [0.15, 0.2) is 12.1 Å². The van der Waals surface area contributed by atoms with Gasteiger partial charge in [-0.25, -0.2) is 0 Å². The third-order valence-electron chi connectivity index (χ3n) is 2.14. The van der Waals surface area contributed by atoms with E-state index < -0.39 is 0 Å². The number of methoxy groups -OCH3 is 1. The van der Waals surface area contributed by atoms with Crippen LogP contribution in [0.5, 0.6) is 5.75 Å². The zero-order valence-electron chi connectivity index (χ0n) is 9.63. The minimum atomic E-state index is -0.328. The number of aryl methyl sites for hydroxylation is 2. The van der Waals surface area contributed by atoms with Gasteiger partial charge in [-0.2, -0.15) is 5.26 Å². The number of rotatable bonds is 3. The molecule has 1 amide bonds. The van der Waals surface area contributed by atoms with Gasteiger partial charge in [-0.05, 0) is 31.0 Å². The molecule has 0 heterocycles. The molecule has 0 saturated carbocycles. The number of benzene rings is 1. The largest absolute Gasteiger partial charge is 0.494 e. The Bertz CT molecular complexity index is 447. The van der Waals surface area contributed by atoms with E-state index in [1.165, 1.54) is 0 Å². The number of nitrogens with one attached hydrogen (secondary N) is 1. The molecule has 0 aliphatic rings. The van der Waals surface area contributed by atoms with Crippen molar-refractivity contribution in [3.05, 3.63) is 23.3 Å². The van der Waals surface area contributed by atoms with Gasteiger partial charge in [-0.15, -0.1) is 0 Å². The fraction of sp³-hybridized carbons (Fsp3) is 0.333. The molecule has 0 saturated heterocycles. The molecular weight excluding hydrogens is 204 g/mol. The van der Waals surface area contributed by atoms with Gasteiger partial charge < -0.3 is 10.1 Å². The predicted octanol–water partition coefficient (Wildman–Crippen LogP) is 2.16. The van der Waals surface area contributed by atoms with E-state index in [4.69, 9.17) is 10.00 Å². The third kappa shape index (κ3) is 2.74. The predicted molar refractivity (Wildman–Crippen MR) is 61.3 cm³/mol. The number of carbonyl (C=O) groups excluding carboxylic acids is 1. The molecule has 0 aromatic heterocycles. The highest BCUT2D eigenvalue weighted by molar-refractivity contribution is 5.93. The molecule has 1 N–H and O–H groups in total. The Morgan fingerprint density at radius 2 is 2.19 bits per heavy atom. The van der Waals surface area contributed by atoms with Crippen molar-refractivity contribution in [1.82, 2.24) is 0 Å². The monoisotopic (exact) mass is 218 g/mol.